The lowest BCUT2D eigenvalue weighted by molar-refractivity contribution is 0.0924. The van der Waals surface area contributed by atoms with Crippen molar-refractivity contribution in [3.8, 4) is 0 Å². The second kappa shape index (κ2) is 4.28. The van der Waals surface area contributed by atoms with Gasteiger partial charge in [0.15, 0.2) is 0 Å². The van der Waals surface area contributed by atoms with Crippen LogP contribution in [0.2, 0.25) is 0 Å². The van der Waals surface area contributed by atoms with Gasteiger partial charge in [-0.2, -0.15) is 0 Å². The average molecular weight is 245 g/mol. The molecule has 1 saturated heterocycles. The van der Waals surface area contributed by atoms with Gasteiger partial charge >= 0.3 is 0 Å². The van der Waals surface area contributed by atoms with E-state index in [1.807, 2.05) is 19.1 Å². The summed E-state index contributed by atoms with van der Waals surface area (Å²) in [5, 5.41) is 6.60. The van der Waals surface area contributed by atoms with Crippen LogP contribution in [0.1, 0.15) is 29.3 Å². The lowest BCUT2D eigenvalue weighted by Gasteiger charge is -2.38. The van der Waals surface area contributed by atoms with Crippen LogP contribution in [0, 0.1) is 6.92 Å². The summed E-state index contributed by atoms with van der Waals surface area (Å²) >= 11 is 0. The second-order valence-corrected chi connectivity index (χ2v) is 5.24. The Kier molecular flexibility index (Phi) is 2.74. The minimum atomic E-state index is 0.0680. The number of nitrogens with one attached hydrogen (secondary N) is 2. The SMILES string of the molecule is Cc1cccc2c1C(=O)N[C@H]1C[C@@H](C)NCCN21. The maximum atomic E-state index is 12.2. The van der Waals surface area contributed by atoms with Crippen LogP contribution in [-0.2, 0) is 0 Å². The summed E-state index contributed by atoms with van der Waals surface area (Å²) in [6, 6.07) is 6.53. The monoisotopic (exact) mass is 245 g/mol. The van der Waals surface area contributed by atoms with E-state index in [9.17, 15) is 4.79 Å². The molecule has 1 amide bonds. The minimum absolute atomic E-state index is 0.0680. The third-order valence-corrected chi connectivity index (χ3v) is 3.88. The highest BCUT2D eigenvalue weighted by Gasteiger charge is 2.33. The van der Waals surface area contributed by atoms with Gasteiger partial charge in [-0.25, -0.2) is 0 Å². The molecule has 3 rings (SSSR count). The summed E-state index contributed by atoms with van der Waals surface area (Å²) in [7, 11) is 0. The van der Waals surface area contributed by atoms with Crippen LogP contribution in [0.25, 0.3) is 0 Å². The quantitative estimate of drug-likeness (QED) is 0.723. The Morgan fingerprint density at radius 1 is 1.39 bits per heavy atom. The maximum Gasteiger partial charge on any atom is 0.255 e. The maximum absolute atomic E-state index is 12.2. The largest absolute Gasteiger partial charge is 0.349 e. The third-order valence-electron chi connectivity index (χ3n) is 3.88. The minimum Gasteiger partial charge on any atom is -0.349 e. The van der Waals surface area contributed by atoms with E-state index in [2.05, 4.69) is 28.5 Å². The Morgan fingerprint density at radius 2 is 2.22 bits per heavy atom. The van der Waals surface area contributed by atoms with Gasteiger partial charge in [0.05, 0.1) is 11.3 Å². The molecule has 2 aliphatic rings. The molecule has 1 fully saturated rings. The molecule has 2 aliphatic heterocycles. The summed E-state index contributed by atoms with van der Waals surface area (Å²) in [6.45, 7) is 6.06. The number of hydrogen-bond donors (Lipinski definition) is 2. The van der Waals surface area contributed by atoms with Crippen LogP contribution >= 0.6 is 0 Å². The highest BCUT2D eigenvalue weighted by Crippen LogP contribution is 2.30. The van der Waals surface area contributed by atoms with Gasteiger partial charge in [-0.15, -0.1) is 0 Å². The number of hydrogen-bond acceptors (Lipinski definition) is 3. The molecule has 4 nitrogen and oxygen atoms in total. The van der Waals surface area contributed by atoms with Crippen LogP contribution in [0.3, 0.4) is 0 Å². The molecule has 2 N–H and O–H groups in total. The molecule has 2 atom stereocenters. The number of nitrogens with zero attached hydrogens (tertiary/aromatic N) is 1. The fourth-order valence-corrected chi connectivity index (χ4v) is 2.97. The van der Waals surface area contributed by atoms with Crippen molar-refractivity contribution in [2.24, 2.45) is 0 Å². The Hall–Kier alpha value is -1.55. The number of benzene rings is 1. The van der Waals surface area contributed by atoms with E-state index in [0.717, 1.165) is 36.3 Å². The molecule has 1 aromatic rings. The third kappa shape index (κ3) is 1.77. The fourth-order valence-electron chi connectivity index (χ4n) is 2.97. The first kappa shape index (κ1) is 11.5. The predicted octanol–water partition coefficient (Wildman–Crippen LogP) is 1.25. The van der Waals surface area contributed by atoms with E-state index in [-0.39, 0.29) is 12.1 Å². The van der Waals surface area contributed by atoms with Gasteiger partial charge in [0.2, 0.25) is 0 Å². The molecular formula is C14H19N3O. The number of carbonyl (C=O) groups excluding carboxylic acids is 1. The zero-order chi connectivity index (χ0) is 12.7. The van der Waals surface area contributed by atoms with Gasteiger partial charge in [-0.1, -0.05) is 12.1 Å². The molecule has 96 valence electrons. The van der Waals surface area contributed by atoms with Gasteiger partial charge in [0.1, 0.15) is 6.17 Å². The van der Waals surface area contributed by atoms with Crippen molar-refractivity contribution in [3.63, 3.8) is 0 Å². The van der Waals surface area contributed by atoms with Crippen molar-refractivity contribution in [3.05, 3.63) is 29.3 Å². The number of anilines is 1. The molecule has 0 bridgehead atoms. The van der Waals surface area contributed by atoms with Crippen molar-refractivity contribution >= 4 is 11.6 Å². The zero-order valence-corrected chi connectivity index (χ0v) is 10.9. The van der Waals surface area contributed by atoms with E-state index in [1.165, 1.54) is 0 Å². The molecule has 0 radical (unpaired) electrons. The summed E-state index contributed by atoms with van der Waals surface area (Å²) in [4.78, 5) is 14.5. The van der Waals surface area contributed by atoms with E-state index < -0.39 is 0 Å². The number of carbonyl (C=O) groups is 1. The van der Waals surface area contributed by atoms with Crippen molar-refractivity contribution in [1.82, 2.24) is 10.6 Å². The van der Waals surface area contributed by atoms with Crippen molar-refractivity contribution in [2.75, 3.05) is 18.0 Å². The summed E-state index contributed by atoms with van der Waals surface area (Å²) in [6.07, 6.45) is 1.07. The van der Waals surface area contributed by atoms with Crippen molar-refractivity contribution in [2.45, 2.75) is 32.5 Å². The van der Waals surface area contributed by atoms with Gasteiger partial charge < -0.3 is 15.5 Å². The topological polar surface area (TPSA) is 44.4 Å². The molecule has 18 heavy (non-hydrogen) atoms. The van der Waals surface area contributed by atoms with Crippen molar-refractivity contribution in [1.29, 1.82) is 0 Å². The number of rotatable bonds is 0. The molecule has 4 heteroatoms. The van der Waals surface area contributed by atoms with Gasteiger partial charge in [0, 0.05) is 25.6 Å². The molecular weight excluding hydrogens is 226 g/mol. The van der Waals surface area contributed by atoms with Crippen LogP contribution < -0.4 is 15.5 Å². The van der Waals surface area contributed by atoms with Crippen LogP contribution in [-0.4, -0.2) is 31.2 Å². The highest BCUT2D eigenvalue weighted by atomic mass is 16.2. The number of fused-ring (bicyclic) bond motifs is 3. The Bertz CT molecular complexity index is 486. The van der Waals surface area contributed by atoms with Gasteiger partial charge in [-0.05, 0) is 25.5 Å². The molecule has 0 saturated carbocycles. The Balaban J connectivity index is 2.05. The molecule has 2 heterocycles. The molecule has 0 aliphatic carbocycles. The highest BCUT2D eigenvalue weighted by molar-refractivity contribution is 6.03. The lowest BCUT2D eigenvalue weighted by atomic mass is 10.0. The van der Waals surface area contributed by atoms with Crippen molar-refractivity contribution < 1.29 is 4.79 Å². The Labute approximate surface area is 107 Å². The average Bonchev–Trinajstić information content (AvgIpc) is 2.50. The fraction of sp³-hybridized carbons (Fsp3) is 0.500. The van der Waals surface area contributed by atoms with E-state index in [1.54, 1.807) is 0 Å². The van der Waals surface area contributed by atoms with Crippen LogP contribution in [0.4, 0.5) is 5.69 Å². The second-order valence-electron chi connectivity index (χ2n) is 5.24. The first-order valence-corrected chi connectivity index (χ1v) is 6.57. The Morgan fingerprint density at radius 3 is 3.06 bits per heavy atom. The zero-order valence-electron chi connectivity index (χ0n) is 10.9. The van der Waals surface area contributed by atoms with Gasteiger partial charge in [-0.3, -0.25) is 4.79 Å². The summed E-state index contributed by atoms with van der Waals surface area (Å²) in [5.74, 6) is 0.0680. The molecule has 0 spiro atoms. The molecule has 1 aromatic carbocycles. The smallest absolute Gasteiger partial charge is 0.255 e. The molecule has 0 aromatic heterocycles. The summed E-state index contributed by atoms with van der Waals surface area (Å²) in [5.41, 5.74) is 2.97. The first-order chi connectivity index (χ1) is 8.66. The number of amides is 1. The lowest BCUT2D eigenvalue weighted by Crippen LogP contribution is -2.53. The molecule has 0 unspecified atom stereocenters. The number of aryl methyl sites for hydroxylation is 1. The normalized spacial score (nSPS) is 27.0. The van der Waals surface area contributed by atoms with Crippen LogP contribution in [0.5, 0.6) is 0 Å². The van der Waals surface area contributed by atoms with Crippen LogP contribution in [0.15, 0.2) is 18.2 Å². The standard InChI is InChI=1S/C14H19N3O/c1-9-4-3-5-11-13(9)14(18)16-12-8-10(2)15-6-7-17(11)12/h3-5,10,12,15H,6-8H2,1-2H3,(H,16,18)/t10-,12-/m1/s1. The first-order valence-electron chi connectivity index (χ1n) is 6.57. The van der Waals surface area contributed by atoms with E-state index in [4.69, 9.17) is 0 Å². The van der Waals surface area contributed by atoms with E-state index in [0.29, 0.717) is 6.04 Å². The van der Waals surface area contributed by atoms with Gasteiger partial charge in [0.25, 0.3) is 5.91 Å². The van der Waals surface area contributed by atoms with E-state index >= 15 is 0 Å². The summed E-state index contributed by atoms with van der Waals surface area (Å²) < 4.78 is 0. The predicted molar refractivity (Wildman–Crippen MR) is 71.9 cm³/mol.